The van der Waals surface area contributed by atoms with E-state index in [1.54, 1.807) is 38.1 Å². The Morgan fingerprint density at radius 3 is 2.00 bits per heavy atom. The predicted molar refractivity (Wildman–Crippen MR) is 109 cm³/mol. The van der Waals surface area contributed by atoms with Gasteiger partial charge in [0.1, 0.15) is 0 Å². The maximum absolute atomic E-state index is 12.5. The van der Waals surface area contributed by atoms with E-state index in [1.807, 2.05) is 26.8 Å². The van der Waals surface area contributed by atoms with Crippen LogP contribution >= 0.6 is 0 Å². The largest absolute Gasteiger partial charge is 0.500 e. The molecular formula is C20H33NO6Si. The van der Waals surface area contributed by atoms with E-state index in [4.69, 9.17) is 18.0 Å². The highest BCUT2D eigenvalue weighted by Crippen LogP contribution is 2.19. The molecule has 0 aliphatic heterocycles. The van der Waals surface area contributed by atoms with Crippen molar-refractivity contribution in [3.8, 4) is 0 Å². The van der Waals surface area contributed by atoms with Crippen molar-refractivity contribution in [2.75, 3.05) is 26.4 Å². The van der Waals surface area contributed by atoms with Gasteiger partial charge in [-0.1, -0.05) is 30.3 Å². The lowest BCUT2D eigenvalue weighted by atomic mass is 9.97. The molecule has 1 aromatic rings. The Labute approximate surface area is 169 Å². The second-order valence-electron chi connectivity index (χ2n) is 6.61. The minimum absolute atomic E-state index is 0.251. The molecule has 1 aromatic carbocycles. The lowest BCUT2D eigenvalue weighted by Gasteiger charge is -2.28. The van der Waals surface area contributed by atoms with Crippen LogP contribution in [0.1, 0.15) is 51.4 Å². The number of Topliss-reactive ketones (excluding diaryl/α,β-unsaturated/α-hetero) is 1. The summed E-state index contributed by atoms with van der Waals surface area (Å²) < 4.78 is 22.7. The van der Waals surface area contributed by atoms with Crippen LogP contribution in [0.3, 0.4) is 0 Å². The van der Waals surface area contributed by atoms with E-state index in [1.165, 1.54) is 0 Å². The molecule has 7 nitrogen and oxygen atoms in total. The van der Waals surface area contributed by atoms with Gasteiger partial charge in [-0.25, -0.2) is 4.79 Å². The molecule has 158 valence electrons. The van der Waals surface area contributed by atoms with Gasteiger partial charge < -0.3 is 23.3 Å². The van der Waals surface area contributed by atoms with Gasteiger partial charge in [0.25, 0.3) is 0 Å². The third-order valence-electron chi connectivity index (χ3n) is 3.95. The highest BCUT2D eigenvalue weighted by molar-refractivity contribution is 6.60. The SMILES string of the molecule is CCO[Si](CCCNC(=O)OC(C)(C)C(=O)c1ccccc1)(OCC)OCC. The number of carbonyl (C=O) groups is 2. The van der Waals surface area contributed by atoms with Crippen LogP contribution in [0, 0.1) is 0 Å². The van der Waals surface area contributed by atoms with Crippen LogP contribution in [-0.4, -0.2) is 52.6 Å². The van der Waals surface area contributed by atoms with Crippen LogP contribution in [0.5, 0.6) is 0 Å². The second kappa shape index (κ2) is 12.0. The minimum atomic E-state index is -2.72. The van der Waals surface area contributed by atoms with Crippen molar-refractivity contribution >= 4 is 20.7 Å². The Kier molecular flexibility index (Phi) is 10.4. The molecule has 0 spiro atoms. The summed E-state index contributed by atoms with van der Waals surface area (Å²) in [6, 6.07) is 9.36. The third-order valence-corrected chi connectivity index (χ3v) is 7.10. The van der Waals surface area contributed by atoms with Gasteiger partial charge in [0.05, 0.1) is 0 Å². The van der Waals surface area contributed by atoms with Gasteiger partial charge in [0.2, 0.25) is 5.78 Å². The zero-order chi connectivity index (χ0) is 21.0. The third kappa shape index (κ3) is 7.71. The molecule has 0 unspecified atom stereocenters. The molecule has 0 fully saturated rings. The summed E-state index contributed by atoms with van der Waals surface area (Å²) in [5.41, 5.74) is -0.757. The molecule has 0 aliphatic rings. The summed E-state index contributed by atoms with van der Waals surface area (Å²) in [5.74, 6) is -0.251. The van der Waals surface area contributed by atoms with Crippen LogP contribution in [-0.2, 0) is 18.0 Å². The molecular weight excluding hydrogens is 378 g/mol. The average Bonchev–Trinajstić information content (AvgIpc) is 2.65. The fourth-order valence-electron chi connectivity index (χ4n) is 2.75. The Morgan fingerprint density at radius 2 is 1.50 bits per heavy atom. The zero-order valence-electron chi connectivity index (χ0n) is 17.6. The fraction of sp³-hybridized carbons (Fsp3) is 0.600. The second-order valence-corrected chi connectivity index (χ2v) is 9.34. The number of rotatable bonds is 13. The normalized spacial score (nSPS) is 11.9. The van der Waals surface area contributed by atoms with Crippen LogP contribution in [0.25, 0.3) is 0 Å². The average molecular weight is 412 g/mol. The molecule has 0 saturated carbocycles. The van der Waals surface area contributed by atoms with Crippen molar-refractivity contribution in [2.24, 2.45) is 0 Å². The molecule has 1 N–H and O–H groups in total. The molecule has 0 aromatic heterocycles. The van der Waals surface area contributed by atoms with Crippen molar-refractivity contribution in [3.05, 3.63) is 35.9 Å². The van der Waals surface area contributed by atoms with Gasteiger partial charge in [0.15, 0.2) is 5.60 Å². The number of nitrogens with one attached hydrogen (secondary N) is 1. The van der Waals surface area contributed by atoms with Crippen LogP contribution < -0.4 is 5.32 Å². The monoisotopic (exact) mass is 411 g/mol. The van der Waals surface area contributed by atoms with E-state index in [0.717, 1.165) is 0 Å². The molecule has 8 heteroatoms. The molecule has 0 atom stereocenters. The highest BCUT2D eigenvalue weighted by Gasteiger charge is 2.39. The van der Waals surface area contributed by atoms with E-state index in [9.17, 15) is 9.59 Å². The Hall–Kier alpha value is -1.74. The molecule has 0 saturated heterocycles. The summed E-state index contributed by atoms with van der Waals surface area (Å²) in [7, 11) is -2.72. The molecule has 0 heterocycles. The summed E-state index contributed by atoms with van der Waals surface area (Å²) >= 11 is 0. The van der Waals surface area contributed by atoms with Gasteiger partial charge in [-0.15, -0.1) is 0 Å². The molecule has 0 bridgehead atoms. The smallest absolute Gasteiger partial charge is 0.435 e. The van der Waals surface area contributed by atoms with Gasteiger partial charge in [-0.3, -0.25) is 4.79 Å². The first-order chi connectivity index (χ1) is 13.3. The highest BCUT2D eigenvalue weighted by atomic mass is 28.4. The van der Waals surface area contributed by atoms with Crippen molar-refractivity contribution in [1.29, 1.82) is 0 Å². The van der Waals surface area contributed by atoms with Gasteiger partial charge >= 0.3 is 14.9 Å². The quantitative estimate of drug-likeness (QED) is 0.302. The van der Waals surface area contributed by atoms with Crippen LogP contribution in [0.15, 0.2) is 30.3 Å². The molecule has 0 aliphatic carbocycles. The fourth-order valence-corrected chi connectivity index (χ4v) is 5.36. The first-order valence-electron chi connectivity index (χ1n) is 9.78. The van der Waals surface area contributed by atoms with E-state index >= 15 is 0 Å². The number of hydrogen-bond donors (Lipinski definition) is 1. The van der Waals surface area contributed by atoms with Crippen molar-refractivity contribution < 1.29 is 27.6 Å². The Morgan fingerprint density at radius 1 is 0.964 bits per heavy atom. The van der Waals surface area contributed by atoms with Gasteiger partial charge in [0, 0.05) is 38.0 Å². The van der Waals surface area contributed by atoms with Gasteiger partial charge in [-0.05, 0) is 41.0 Å². The van der Waals surface area contributed by atoms with E-state index < -0.39 is 20.5 Å². The summed E-state index contributed by atoms with van der Waals surface area (Å²) in [4.78, 5) is 24.7. The number of alkyl carbamates (subject to hydrolysis) is 1. The van der Waals surface area contributed by atoms with E-state index in [0.29, 0.717) is 44.4 Å². The van der Waals surface area contributed by atoms with Crippen molar-refractivity contribution in [3.63, 3.8) is 0 Å². The van der Waals surface area contributed by atoms with Crippen LogP contribution in [0.4, 0.5) is 4.79 Å². The molecule has 1 rings (SSSR count). The maximum atomic E-state index is 12.5. The standard InChI is InChI=1S/C20H33NO6Si/c1-6-24-28(25-7-2,26-8-3)16-12-15-21-19(23)27-20(4,5)18(22)17-13-10-9-11-14-17/h9-11,13-14H,6-8,12,15-16H2,1-5H3,(H,21,23). The number of carbonyl (C=O) groups excluding carboxylic acids is 2. The van der Waals surface area contributed by atoms with Crippen molar-refractivity contribution in [2.45, 2.75) is 52.7 Å². The Balaban J connectivity index is 2.51. The lowest BCUT2D eigenvalue weighted by Crippen LogP contribution is -2.46. The number of amides is 1. The number of hydrogen-bond acceptors (Lipinski definition) is 6. The maximum Gasteiger partial charge on any atom is 0.500 e. The molecule has 1 amide bonds. The first kappa shape index (κ1) is 24.3. The van der Waals surface area contributed by atoms with Crippen LogP contribution in [0.2, 0.25) is 6.04 Å². The first-order valence-corrected chi connectivity index (χ1v) is 11.7. The Bertz CT molecular complexity index is 591. The zero-order valence-corrected chi connectivity index (χ0v) is 18.6. The number of ketones is 1. The summed E-state index contributed by atoms with van der Waals surface area (Å²) in [6.07, 6.45) is -0.0141. The number of benzene rings is 1. The minimum Gasteiger partial charge on any atom is -0.435 e. The topological polar surface area (TPSA) is 83.1 Å². The van der Waals surface area contributed by atoms with Crippen molar-refractivity contribution in [1.82, 2.24) is 5.32 Å². The van der Waals surface area contributed by atoms with E-state index in [-0.39, 0.29) is 5.78 Å². The molecule has 28 heavy (non-hydrogen) atoms. The predicted octanol–water partition coefficient (Wildman–Crippen LogP) is 3.81. The lowest BCUT2D eigenvalue weighted by molar-refractivity contribution is 0.0319. The summed E-state index contributed by atoms with van der Waals surface area (Å²) in [5, 5.41) is 2.69. The summed E-state index contributed by atoms with van der Waals surface area (Å²) in [6.45, 7) is 10.8. The molecule has 0 radical (unpaired) electrons. The van der Waals surface area contributed by atoms with E-state index in [2.05, 4.69) is 5.32 Å². The van der Waals surface area contributed by atoms with Gasteiger partial charge in [-0.2, -0.15) is 0 Å². The number of ether oxygens (including phenoxy) is 1.